The normalized spacial score (nSPS) is 31.0. The molecule has 0 atom stereocenters. The van der Waals surface area contributed by atoms with E-state index in [1.165, 1.54) is 38.5 Å². The average Bonchev–Trinajstić information content (AvgIpc) is 2.59. The Morgan fingerprint density at radius 2 is 1.33 bits per heavy atom. The lowest BCUT2D eigenvalue weighted by atomic mass is 9.69. The smallest absolute Gasteiger partial charge is 0.194 e. The Hall–Kier alpha value is -1.19. The monoisotopic (exact) mass is 340 g/mol. The van der Waals surface area contributed by atoms with E-state index >= 15 is 0 Å². The molecule has 2 saturated carbocycles. The molecule has 0 spiro atoms. The van der Waals surface area contributed by atoms with Crippen molar-refractivity contribution in [3.8, 4) is 5.75 Å². The minimum absolute atomic E-state index is 0.0785. The summed E-state index contributed by atoms with van der Waals surface area (Å²) < 4.78 is 44.8. The number of hydrogen-bond acceptors (Lipinski definition) is 1. The van der Waals surface area contributed by atoms with Gasteiger partial charge in [-0.25, -0.2) is 13.2 Å². The Balaban J connectivity index is 1.44. The summed E-state index contributed by atoms with van der Waals surface area (Å²) in [7, 11) is 0. The van der Waals surface area contributed by atoms with Gasteiger partial charge < -0.3 is 4.74 Å². The molecule has 0 heterocycles. The third-order valence-electron chi connectivity index (χ3n) is 6.06. The zero-order chi connectivity index (χ0) is 17.1. The first kappa shape index (κ1) is 17.6. The van der Waals surface area contributed by atoms with Gasteiger partial charge in [0.15, 0.2) is 17.5 Å². The number of hydrogen-bond donors (Lipinski definition) is 0. The maximum atomic E-state index is 13.2. The van der Waals surface area contributed by atoms with Crippen LogP contribution in [0.25, 0.3) is 0 Å². The van der Waals surface area contributed by atoms with Gasteiger partial charge in [0, 0.05) is 12.1 Å². The molecule has 0 unspecified atom stereocenters. The molecular weight excluding hydrogens is 313 g/mol. The molecule has 134 valence electrons. The quantitative estimate of drug-likeness (QED) is 0.600. The lowest BCUT2D eigenvalue weighted by Crippen LogP contribution is -2.27. The van der Waals surface area contributed by atoms with E-state index in [-0.39, 0.29) is 5.75 Å². The first-order chi connectivity index (χ1) is 11.5. The van der Waals surface area contributed by atoms with Crippen LogP contribution >= 0.6 is 0 Å². The van der Waals surface area contributed by atoms with E-state index in [0.29, 0.717) is 12.5 Å². The molecule has 0 aromatic heterocycles. The summed E-state index contributed by atoms with van der Waals surface area (Å²) >= 11 is 0. The Kier molecular flexibility index (Phi) is 5.72. The van der Waals surface area contributed by atoms with Gasteiger partial charge in [0.25, 0.3) is 0 Å². The molecule has 3 rings (SSSR count). The second-order valence-corrected chi connectivity index (χ2v) is 7.81. The fourth-order valence-electron chi connectivity index (χ4n) is 4.41. The Morgan fingerprint density at radius 3 is 1.88 bits per heavy atom. The molecule has 2 aliphatic rings. The number of benzene rings is 1. The van der Waals surface area contributed by atoms with Crippen LogP contribution < -0.4 is 4.74 Å². The molecule has 0 aliphatic heterocycles. The van der Waals surface area contributed by atoms with Gasteiger partial charge in [0.2, 0.25) is 0 Å². The van der Waals surface area contributed by atoms with Crippen molar-refractivity contribution < 1.29 is 17.9 Å². The van der Waals surface area contributed by atoms with E-state index < -0.39 is 17.5 Å². The molecule has 4 heteroatoms. The Labute approximate surface area is 142 Å². The van der Waals surface area contributed by atoms with Gasteiger partial charge in [-0.05, 0) is 62.2 Å². The summed E-state index contributed by atoms with van der Waals surface area (Å²) in [4.78, 5) is 0. The van der Waals surface area contributed by atoms with Gasteiger partial charge in [-0.3, -0.25) is 0 Å². The molecule has 1 nitrogen and oxygen atoms in total. The number of ether oxygens (including phenoxy) is 1. The lowest BCUT2D eigenvalue weighted by Gasteiger charge is -2.37. The largest absolute Gasteiger partial charge is 0.493 e. The lowest BCUT2D eigenvalue weighted by molar-refractivity contribution is 0.125. The highest BCUT2D eigenvalue weighted by Crippen LogP contribution is 2.41. The molecule has 1 aromatic rings. The second-order valence-electron chi connectivity index (χ2n) is 7.81. The molecule has 2 fully saturated rings. The summed E-state index contributed by atoms with van der Waals surface area (Å²) in [5, 5.41) is 0. The third kappa shape index (κ3) is 4.25. The summed E-state index contributed by atoms with van der Waals surface area (Å²) in [5.74, 6) is -0.694. The van der Waals surface area contributed by atoms with Gasteiger partial charge in [-0.15, -0.1) is 0 Å². The molecule has 0 amide bonds. The first-order valence-electron chi connectivity index (χ1n) is 9.30. The topological polar surface area (TPSA) is 9.23 Å². The zero-order valence-corrected chi connectivity index (χ0v) is 14.4. The number of rotatable bonds is 4. The van der Waals surface area contributed by atoms with Crippen molar-refractivity contribution in [2.45, 2.75) is 58.3 Å². The van der Waals surface area contributed by atoms with Gasteiger partial charge in [-0.2, -0.15) is 0 Å². The maximum Gasteiger partial charge on any atom is 0.194 e. The van der Waals surface area contributed by atoms with Crippen molar-refractivity contribution in [3.63, 3.8) is 0 Å². The summed E-state index contributed by atoms with van der Waals surface area (Å²) in [6.45, 7) is 2.81. The van der Waals surface area contributed by atoms with Crippen LogP contribution in [0, 0.1) is 41.1 Å². The van der Waals surface area contributed by atoms with Crippen molar-refractivity contribution in [1.29, 1.82) is 0 Å². The fraction of sp³-hybridized carbons (Fsp3) is 0.700. The van der Waals surface area contributed by atoms with Crippen LogP contribution in [-0.4, -0.2) is 6.61 Å². The van der Waals surface area contributed by atoms with E-state index in [4.69, 9.17) is 4.74 Å². The van der Waals surface area contributed by atoms with Crippen LogP contribution in [-0.2, 0) is 0 Å². The van der Waals surface area contributed by atoms with E-state index in [2.05, 4.69) is 6.92 Å². The van der Waals surface area contributed by atoms with Crippen molar-refractivity contribution in [2.24, 2.45) is 23.7 Å². The van der Waals surface area contributed by atoms with Crippen LogP contribution in [0.1, 0.15) is 58.3 Å². The van der Waals surface area contributed by atoms with Crippen molar-refractivity contribution in [1.82, 2.24) is 0 Å². The first-order valence-corrected chi connectivity index (χ1v) is 9.30. The molecular formula is C20H27F3O. The van der Waals surface area contributed by atoms with Gasteiger partial charge in [-0.1, -0.05) is 19.8 Å². The molecule has 24 heavy (non-hydrogen) atoms. The zero-order valence-electron chi connectivity index (χ0n) is 14.4. The second kappa shape index (κ2) is 7.79. The Morgan fingerprint density at radius 1 is 0.833 bits per heavy atom. The standard InChI is InChI=1S/C20H27F3O/c1-13-2-6-15(7-3-13)16-8-4-14(5-9-16)12-24-17-10-18(21)20(23)19(22)11-17/h10-11,13-16H,2-9,12H2,1H3. The predicted octanol–water partition coefficient (Wildman–Crippen LogP) is 6.12. The number of halogens is 3. The molecule has 0 saturated heterocycles. The Bertz CT molecular complexity index is 521. The summed E-state index contributed by atoms with van der Waals surface area (Å²) in [5.41, 5.74) is 0. The van der Waals surface area contributed by atoms with E-state index in [0.717, 1.165) is 42.7 Å². The highest BCUT2D eigenvalue weighted by Gasteiger charge is 2.30. The van der Waals surface area contributed by atoms with Crippen molar-refractivity contribution in [2.75, 3.05) is 6.61 Å². The van der Waals surface area contributed by atoms with Crippen LogP contribution in [0.5, 0.6) is 5.75 Å². The minimum atomic E-state index is -1.44. The van der Waals surface area contributed by atoms with Crippen LogP contribution in [0.4, 0.5) is 13.2 Å². The maximum absolute atomic E-state index is 13.2. The highest BCUT2D eigenvalue weighted by molar-refractivity contribution is 5.25. The summed E-state index contributed by atoms with van der Waals surface area (Å²) in [6.07, 6.45) is 10.2. The van der Waals surface area contributed by atoms with Crippen molar-refractivity contribution >= 4 is 0 Å². The SMILES string of the molecule is CC1CCC(C2CCC(COc3cc(F)c(F)c(F)c3)CC2)CC1. The molecule has 1 aromatic carbocycles. The van der Waals surface area contributed by atoms with Gasteiger partial charge in [0.1, 0.15) is 5.75 Å². The molecule has 0 N–H and O–H groups in total. The van der Waals surface area contributed by atoms with Gasteiger partial charge >= 0.3 is 0 Å². The predicted molar refractivity (Wildman–Crippen MR) is 88.4 cm³/mol. The van der Waals surface area contributed by atoms with E-state index in [9.17, 15) is 13.2 Å². The highest BCUT2D eigenvalue weighted by atomic mass is 19.2. The minimum Gasteiger partial charge on any atom is -0.493 e. The van der Waals surface area contributed by atoms with Crippen LogP contribution in [0.2, 0.25) is 0 Å². The van der Waals surface area contributed by atoms with Crippen molar-refractivity contribution in [3.05, 3.63) is 29.6 Å². The molecule has 2 aliphatic carbocycles. The van der Waals surface area contributed by atoms with Crippen LogP contribution in [0.15, 0.2) is 12.1 Å². The molecule has 0 radical (unpaired) electrons. The van der Waals surface area contributed by atoms with E-state index in [1.54, 1.807) is 0 Å². The summed E-state index contributed by atoms with van der Waals surface area (Å²) in [6, 6.07) is 1.85. The van der Waals surface area contributed by atoms with Crippen LogP contribution in [0.3, 0.4) is 0 Å². The molecule has 0 bridgehead atoms. The van der Waals surface area contributed by atoms with Gasteiger partial charge in [0.05, 0.1) is 6.61 Å². The fourth-order valence-corrected chi connectivity index (χ4v) is 4.41. The third-order valence-corrected chi connectivity index (χ3v) is 6.06. The van der Waals surface area contributed by atoms with E-state index in [1.807, 2.05) is 0 Å². The average molecular weight is 340 g/mol.